The third-order valence-corrected chi connectivity index (χ3v) is 0. The van der Waals surface area contributed by atoms with Gasteiger partial charge in [-0.3, -0.25) is 0 Å². The van der Waals surface area contributed by atoms with Crippen molar-refractivity contribution in [3.05, 3.63) is 0 Å². The molecule has 60 valence electrons. The van der Waals surface area contributed by atoms with Crippen molar-refractivity contribution < 1.29 is 42.1 Å². The number of hydrogen-bond acceptors (Lipinski definition) is 4. The third-order valence-electron chi connectivity index (χ3n) is 0. The summed E-state index contributed by atoms with van der Waals surface area (Å²) in [5, 5.41) is 28.0. The average Bonchev–Trinajstić information content (AvgIpc) is 2.03. The van der Waals surface area contributed by atoms with E-state index in [0.717, 1.165) is 28.4 Å². The van der Waals surface area contributed by atoms with E-state index >= 15 is 0 Å². The summed E-state index contributed by atoms with van der Waals surface area (Å²) in [6, 6.07) is 0. The molecule has 0 radical (unpaired) electrons. The first kappa shape index (κ1) is 33.7. The maximum absolute atomic E-state index is 7.00. The molecule has 0 rings (SSSR count). The van der Waals surface area contributed by atoms with Crippen LogP contribution < -0.4 is 0 Å². The smallest absolute Gasteiger partial charge is 0.0319 e. The first-order valence-electron chi connectivity index (χ1n) is 1.79. The summed E-state index contributed by atoms with van der Waals surface area (Å²) >= 11 is 0. The van der Waals surface area contributed by atoms with Crippen molar-refractivity contribution >= 4 is 0 Å². The fourth-order valence-corrected chi connectivity index (χ4v) is 0. The maximum Gasteiger partial charge on any atom is 0.0319 e. The summed E-state index contributed by atoms with van der Waals surface area (Å²) in [6.45, 7) is 0. The van der Waals surface area contributed by atoms with Crippen LogP contribution in [0, 0.1) is 0 Å². The normalized spacial score (nSPS) is 2.67. The van der Waals surface area contributed by atoms with Crippen LogP contribution in [0.5, 0.6) is 0 Å². The van der Waals surface area contributed by atoms with Gasteiger partial charge in [0, 0.05) is 50.2 Å². The summed E-state index contributed by atoms with van der Waals surface area (Å²) in [6.07, 6.45) is 0. The van der Waals surface area contributed by atoms with Crippen molar-refractivity contribution in [3.63, 3.8) is 0 Å². The van der Waals surface area contributed by atoms with Crippen molar-refractivity contribution in [2.75, 3.05) is 28.4 Å². The molecule has 0 aliphatic heterocycles. The van der Waals surface area contributed by atoms with Gasteiger partial charge in [0.15, 0.2) is 0 Å². The molecule has 0 atom stereocenters. The summed E-state index contributed by atoms with van der Waals surface area (Å²) in [5.74, 6) is 0. The van der Waals surface area contributed by atoms with Crippen LogP contribution in [-0.2, 0) is 21.7 Å². The summed E-state index contributed by atoms with van der Waals surface area (Å²) in [7, 11) is 4.00. The Kier molecular flexibility index (Phi) is 5950. The van der Waals surface area contributed by atoms with Gasteiger partial charge in [0.1, 0.15) is 0 Å². The molecule has 0 fully saturated rings. The van der Waals surface area contributed by atoms with Crippen molar-refractivity contribution in [1.82, 2.24) is 0 Å². The zero-order chi connectivity index (χ0) is 8.00. The van der Waals surface area contributed by atoms with Crippen LogP contribution >= 0.6 is 0 Å². The second kappa shape index (κ2) is 1590. The number of aliphatic hydroxyl groups excluding tert-OH is 4. The van der Waals surface area contributed by atoms with Crippen LogP contribution in [0.4, 0.5) is 0 Å². The van der Waals surface area contributed by atoms with E-state index in [1.165, 1.54) is 0 Å². The van der Waals surface area contributed by atoms with Crippen LogP contribution in [-0.4, -0.2) is 48.9 Å². The number of rotatable bonds is 0. The Morgan fingerprint density at radius 3 is 0.444 bits per heavy atom. The minimum Gasteiger partial charge on any atom is -0.400 e. The summed E-state index contributed by atoms with van der Waals surface area (Å²) in [4.78, 5) is 0. The van der Waals surface area contributed by atoms with E-state index in [1.807, 2.05) is 0 Å². The van der Waals surface area contributed by atoms with Gasteiger partial charge in [-0.15, -0.1) is 0 Å². The van der Waals surface area contributed by atoms with E-state index in [4.69, 9.17) is 20.4 Å². The summed E-state index contributed by atoms with van der Waals surface area (Å²) in [5.41, 5.74) is 0. The Hall–Kier alpha value is 0.554. The monoisotopic (exact) mass is 176 g/mol. The maximum atomic E-state index is 7.00. The van der Waals surface area contributed by atoms with Gasteiger partial charge in [0.05, 0.1) is 0 Å². The van der Waals surface area contributed by atoms with E-state index in [9.17, 15) is 0 Å². The second-order valence-electron chi connectivity index (χ2n) is 0. The van der Waals surface area contributed by atoms with Crippen molar-refractivity contribution in [3.8, 4) is 0 Å². The van der Waals surface area contributed by atoms with Crippen LogP contribution in [0.1, 0.15) is 0 Å². The summed E-state index contributed by atoms with van der Waals surface area (Å²) < 4.78 is 0. The van der Waals surface area contributed by atoms with Crippen LogP contribution in [0.25, 0.3) is 0 Å². The molecule has 0 aromatic rings. The third kappa shape index (κ3) is 1200. The molecular weight excluding hydrogens is 160 g/mol. The Bertz CT molecular complexity index is 12.5. The Morgan fingerprint density at radius 2 is 0.444 bits per heavy atom. The Morgan fingerprint density at radius 1 is 0.444 bits per heavy atom. The van der Waals surface area contributed by atoms with E-state index < -0.39 is 0 Å². The molecule has 0 saturated heterocycles. The molecule has 0 aliphatic rings. The zero-order valence-electron chi connectivity index (χ0n) is 6.29. The van der Waals surface area contributed by atoms with Gasteiger partial charge in [-0.2, -0.15) is 0 Å². The number of aliphatic hydroxyl groups is 4. The largest absolute Gasteiger partial charge is 0.400 e. The molecule has 0 saturated carbocycles. The Balaban J connectivity index is -0.00000000762. The molecule has 9 heavy (non-hydrogen) atoms. The quantitative estimate of drug-likeness (QED) is 0.336. The second-order valence-corrected chi connectivity index (χ2v) is 0. The van der Waals surface area contributed by atoms with Gasteiger partial charge < -0.3 is 20.4 Å². The molecule has 0 aromatic heterocycles. The molecular formula is C4H16O4Ti. The molecule has 0 heterocycles. The molecule has 4 nitrogen and oxygen atoms in total. The minimum atomic E-state index is 0. The van der Waals surface area contributed by atoms with Crippen LogP contribution in [0.3, 0.4) is 0 Å². The first-order chi connectivity index (χ1) is 4.00. The van der Waals surface area contributed by atoms with E-state index in [0.29, 0.717) is 0 Å². The molecule has 0 amide bonds. The van der Waals surface area contributed by atoms with Gasteiger partial charge >= 0.3 is 0 Å². The van der Waals surface area contributed by atoms with Gasteiger partial charge in [-0.1, -0.05) is 0 Å². The SMILES string of the molecule is CO.CO.CO.CO.[Ti]. The topological polar surface area (TPSA) is 80.9 Å². The zero-order valence-corrected chi connectivity index (χ0v) is 7.85. The van der Waals surface area contributed by atoms with E-state index in [2.05, 4.69) is 0 Å². The van der Waals surface area contributed by atoms with Crippen molar-refractivity contribution in [2.45, 2.75) is 0 Å². The fourth-order valence-electron chi connectivity index (χ4n) is 0. The molecule has 0 aromatic carbocycles. The van der Waals surface area contributed by atoms with Gasteiger partial charge in [-0.25, -0.2) is 0 Å². The molecule has 4 N–H and O–H groups in total. The molecule has 0 aliphatic carbocycles. The van der Waals surface area contributed by atoms with Crippen LogP contribution in [0.15, 0.2) is 0 Å². The predicted octanol–water partition coefficient (Wildman–Crippen LogP) is -1.57. The van der Waals surface area contributed by atoms with Crippen LogP contribution in [0.2, 0.25) is 0 Å². The van der Waals surface area contributed by atoms with Crippen molar-refractivity contribution in [1.29, 1.82) is 0 Å². The minimum absolute atomic E-state index is 0. The molecule has 0 unspecified atom stereocenters. The average molecular weight is 176 g/mol. The standard InChI is InChI=1S/4CH4O.Ti/c4*1-2;/h4*2H,1H3;. The fraction of sp³-hybridized carbons (Fsp3) is 1.00. The Labute approximate surface area is 71.0 Å². The molecule has 5 heteroatoms. The van der Waals surface area contributed by atoms with Gasteiger partial charge in [0.25, 0.3) is 0 Å². The molecule has 0 bridgehead atoms. The molecule has 0 spiro atoms. The van der Waals surface area contributed by atoms with Gasteiger partial charge in [0.2, 0.25) is 0 Å². The first-order valence-corrected chi connectivity index (χ1v) is 1.79. The van der Waals surface area contributed by atoms with E-state index in [1.54, 1.807) is 0 Å². The van der Waals surface area contributed by atoms with Crippen molar-refractivity contribution in [2.24, 2.45) is 0 Å². The number of hydrogen-bond donors (Lipinski definition) is 4. The van der Waals surface area contributed by atoms with Gasteiger partial charge in [-0.05, 0) is 0 Å². The van der Waals surface area contributed by atoms with E-state index in [-0.39, 0.29) is 21.7 Å². The predicted molar refractivity (Wildman–Crippen MR) is 32.6 cm³/mol.